The van der Waals surface area contributed by atoms with Crippen LogP contribution in [0.2, 0.25) is 0 Å². The summed E-state index contributed by atoms with van der Waals surface area (Å²) in [6, 6.07) is 3.83. The second kappa shape index (κ2) is 7.09. The number of fused-ring (bicyclic) bond motifs is 1. The van der Waals surface area contributed by atoms with Crippen molar-refractivity contribution in [2.24, 2.45) is 5.73 Å². The van der Waals surface area contributed by atoms with Gasteiger partial charge in [-0.15, -0.1) is 0 Å². The van der Waals surface area contributed by atoms with Crippen LogP contribution in [0.15, 0.2) is 16.6 Å². The lowest BCUT2D eigenvalue weighted by Gasteiger charge is -2.23. The molecule has 0 radical (unpaired) electrons. The van der Waals surface area contributed by atoms with E-state index >= 15 is 0 Å². The number of benzene rings is 1. The first-order chi connectivity index (χ1) is 9.26. The minimum atomic E-state index is -0.210. The number of halogens is 1. The summed E-state index contributed by atoms with van der Waals surface area (Å²) in [5.41, 5.74) is 6.68. The van der Waals surface area contributed by atoms with Crippen LogP contribution in [-0.4, -0.2) is 38.1 Å². The van der Waals surface area contributed by atoms with Gasteiger partial charge in [-0.2, -0.15) is 0 Å². The van der Waals surface area contributed by atoms with Crippen LogP contribution >= 0.6 is 15.9 Å². The molecule has 1 atom stereocenters. The van der Waals surface area contributed by atoms with Gasteiger partial charge < -0.3 is 25.1 Å². The third-order valence-corrected chi connectivity index (χ3v) is 3.42. The third-order valence-electron chi connectivity index (χ3n) is 2.83. The van der Waals surface area contributed by atoms with Gasteiger partial charge in [-0.3, -0.25) is 0 Å². The Morgan fingerprint density at radius 2 is 2.16 bits per heavy atom. The van der Waals surface area contributed by atoms with Crippen LogP contribution in [0.4, 0.5) is 0 Å². The Labute approximate surface area is 120 Å². The highest BCUT2D eigenvalue weighted by Gasteiger charge is 2.20. The van der Waals surface area contributed by atoms with E-state index in [2.05, 4.69) is 15.9 Å². The molecule has 1 aliphatic heterocycles. The second-order valence-electron chi connectivity index (χ2n) is 4.20. The zero-order valence-electron chi connectivity index (χ0n) is 10.6. The molecule has 1 unspecified atom stereocenters. The van der Waals surface area contributed by atoms with E-state index in [0.29, 0.717) is 38.5 Å². The number of aliphatic hydroxyl groups excluding tert-OH is 1. The molecule has 0 saturated heterocycles. The maximum Gasteiger partial charge on any atom is 0.175 e. The van der Waals surface area contributed by atoms with Crippen molar-refractivity contribution in [2.45, 2.75) is 12.5 Å². The van der Waals surface area contributed by atoms with Gasteiger partial charge in [-0.25, -0.2) is 0 Å². The number of ether oxygens (including phenoxy) is 3. The van der Waals surface area contributed by atoms with Crippen LogP contribution in [0, 0.1) is 0 Å². The molecule has 6 heteroatoms. The van der Waals surface area contributed by atoms with E-state index in [0.717, 1.165) is 15.8 Å². The van der Waals surface area contributed by atoms with Crippen LogP contribution in [-0.2, 0) is 4.74 Å². The molecule has 0 amide bonds. The second-order valence-corrected chi connectivity index (χ2v) is 5.05. The van der Waals surface area contributed by atoms with Crippen molar-refractivity contribution in [3.63, 3.8) is 0 Å². The average molecular weight is 332 g/mol. The van der Waals surface area contributed by atoms with Gasteiger partial charge in [0.05, 0.1) is 10.6 Å². The summed E-state index contributed by atoms with van der Waals surface area (Å²) < 4.78 is 17.6. The first kappa shape index (κ1) is 14.6. The van der Waals surface area contributed by atoms with Gasteiger partial charge in [0, 0.05) is 19.8 Å². The molecule has 1 aliphatic rings. The van der Waals surface area contributed by atoms with Crippen LogP contribution in [0.3, 0.4) is 0 Å². The number of nitrogens with two attached hydrogens (primary N) is 1. The highest BCUT2D eigenvalue weighted by atomic mass is 79.9. The predicted octanol–water partition coefficient (Wildman–Crippen LogP) is 1.62. The number of rotatable bonds is 6. The lowest BCUT2D eigenvalue weighted by atomic mass is 10.1. The van der Waals surface area contributed by atoms with Crippen molar-refractivity contribution in [1.29, 1.82) is 0 Å². The molecule has 3 N–H and O–H groups in total. The van der Waals surface area contributed by atoms with Gasteiger partial charge in [0.25, 0.3) is 0 Å². The van der Waals surface area contributed by atoms with Gasteiger partial charge in [0.2, 0.25) is 0 Å². The Hall–Kier alpha value is -0.820. The molecule has 19 heavy (non-hydrogen) atoms. The molecular formula is C13H18BrNO4. The summed E-state index contributed by atoms with van der Waals surface area (Å²) in [4.78, 5) is 0. The highest BCUT2D eigenvalue weighted by Crippen LogP contribution is 2.40. The lowest BCUT2D eigenvalue weighted by molar-refractivity contribution is 0.0484. The summed E-state index contributed by atoms with van der Waals surface area (Å²) in [6.45, 7) is 2.06. The van der Waals surface area contributed by atoms with Gasteiger partial charge >= 0.3 is 0 Å². The molecule has 1 heterocycles. The van der Waals surface area contributed by atoms with E-state index in [4.69, 9.17) is 25.1 Å². The SMILES string of the molecule is NCC(OCCCO)c1cc(Br)c2c(c1)OCCO2. The van der Waals surface area contributed by atoms with Crippen molar-refractivity contribution in [3.8, 4) is 11.5 Å². The Kier molecular flexibility index (Phi) is 5.45. The van der Waals surface area contributed by atoms with Crippen LogP contribution in [0.25, 0.3) is 0 Å². The van der Waals surface area contributed by atoms with Crippen molar-refractivity contribution in [2.75, 3.05) is 33.0 Å². The molecule has 2 rings (SSSR count). The predicted molar refractivity (Wildman–Crippen MR) is 74.6 cm³/mol. The zero-order valence-corrected chi connectivity index (χ0v) is 12.2. The molecule has 1 aromatic rings. The topological polar surface area (TPSA) is 73.9 Å². The average Bonchev–Trinajstić information content (AvgIpc) is 2.44. The Bertz CT molecular complexity index is 427. The molecule has 0 spiro atoms. The van der Waals surface area contributed by atoms with Gasteiger partial charge in [0.1, 0.15) is 13.2 Å². The van der Waals surface area contributed by atoms with Gasteiger partial charge in [-0.05, 0) is 40.0 Å². The molecule has 0 fully saturated rings. The zero-order chi connectivity index (χ0) is 13.7. The first-order valence-electron chi connectivity index (χ1n) is 6.28. The standard InChI is InChI=1S/C13H18BrNO4/c14-10-6-9(12(8-15)17-3-1-2-16)7-11-13(10)19-5-4-18-11/h6-7,12,16H,1-5,8,15H2. The number of hydrogen-bond acceptors (Lipinski definition) is 5. The van der Waals surface area contributed by atoms with Crippen molar-refractivity contribution in [1.82, 2.24) is 0 Å². The first-order valence-corrected chi connectivity index (χ1v) is 7.07. The van der Waals surface area contributed by atoms with E-state index in [1.54, 1.807) is 0 Å². The minimum absolute atomic E-state index is 0.113. The van der Waals surface area contributed by atoms with E-state index < -0.39 is 0 Å². The Morgan fingerprint density at radius 1 is 1.37 bits per heavy atom. The smallest absolute Gasteiger partial charge is 0.175 e. The Morgan fingerprint density at radius 3 is 2.89 bits per heavy atom. The summed E-state index contributed by atoms with van der Waals surface area (Å²) in [5, 5.41) is 8.77. The fourth-order valence-corrected chi connectivity index (χ4v) is 2.48. The van der Waals surface area contributed by atoms with Crippen molar-refractivity contribution >= 4 is 15.9 Å². The molecule has 1 aromatic carbocycles. The van der Waals surface area contributed by atoms with Crippen molar-refractivity contribution < 1.29 is 19.3 Å². The van der Waals surface area contributed by atoms with Crippen LogP contribution in [0.5, 0.6) is 11.5 Å². The molecule has 0 aliphatic carbocycles. The van der Waals surface area contributed by atoms with E-state index in [1.165, 1.54) is 0 Å². The van der Waals surface area contributed by atoms with Crippen LogP contribution < -0.4 is 15.2 Å². The lowest BCUT2D eigenvalue weighted by Crippen LogP contribution is -2.19. The molecule has 0 bridgehead atoms. The summed E-state index contributed by atoms with van der Waals surface area (Å²) in [7, 11) is 0. The molecule has 0 aromatic heterocycles. The van der Waals surface area contributed by atoms with E-state index in [-0.39, 0.29) is 12.7 Å². The summed E-state index contributed by atoms with van der Waals surface area (Å²) in [6.07, 6.45) is 0.390. The third kappa shape index (κ3) is 3.60. The van der Waals surface area contributed by atoms with Gasteiger partial charge in [-0.1, -0.05) is 0 Å². The van der Waals surface area contributed by atoms with Crippen LogP contribution in [0.1, 0.15) is 18.1 Å². The van der Waals surface area contributed by atoms with Gasteiger partial charge in [0.15, 0.2) is 11.5 Å². The Balaban J connectivity index is 2.16. The summed E-state index contributed by atoms with van der Waals surface area (Å²) >= 11 is 3.47. The quantitative estimate of drug-likeness (QED) is 0.775. The summed E-state index contributed by atoms with van der Waals surface area (Å²) in [5.74, 6) is 1.43. The molecule has 106 valence electrons. The van der Waals surface area contributed by atoms with E-state index in [1.807, 2.05) is 12.1 Å². The largest absolute Gasteiger partial charge is 0.486 e. The monoisotopic (exact) mass is 331 g/mol. The number of hydrogen-bond donors (Lipinski definition) is 2. The molecule has 0 saturated carbocycles. The highest BCUT2D eigenvalue weighted by molar-refractivity contribution is 9.10. The molecule has 5 nitrogen and oxygen atoms in total. The van der Waals surface area contributed by atoms with E-state index in [9.17, 15) is 0 Å². The molecular weight excluding hydrogens is 314 g/mol. The maximum absolute atomic E-state index is 8.77. The fraction of sp³-hybridized carbons (Fsp3) is 0.538. The van der Waals surface area contributed by atoms with Crippen molar-refractivity contribution in [3.05, 3.63) is 22.2 Å². The fourth-order valence-electron chi connectivity index (χ4n) is 1.91. The number of aliphatic hydroxyl groups is 1. The normalized spacial score (nSPS) is 15.3. The maximum atomic E-state index is 8.77. The minimum Gasteiger partial charge on any atom is -0.486 e.